The third kappa shape index (κ3) is 5.82. The highest BCUT2D eigenvalue weighted by atomic mass is 16.5. The number of aryl methyl sites for hydroxylation is 1. The van der Waals surface area contributed by atoms with Gasteiger partial charge in [-0.2, -0.15) is 0 Å². The maximum atomic E-state index is 10.9. The minimum Gasteiger partial charge on any atom is -0.501 e. The van der Waals surface area contributed by atoms with E-state index in [4.69, 9.17) is 15.5 Å². The zero-order chi connectivity index (χ0) is 24.9. The van der Waals surface area contributed by atoms with Crippen LogP contribution in [0.3, 0.4) is 0 Å². The Balaban J connectivity index is 1.38. The Hall–Kier alpha value is -2.97. The first-order valence-electron chi connectivity index (χ1n) is 12.6. The number of hydrogen-bond acceptors (Lipinski definition) is 8. The Labute approximate surface area is 208 Å². The van der Waals surface area contributed by atoms with Crippen LogP contribution in [0.2, 0.25) is 0 Å². The average molecular weight is 479 g/mol. The number of carbonyl (C=O) groups excluding carboxylic acids is 1. The predicted octanol–water partition coefficient (Wildman–Crippen LogP) is 3.46. The average Bonchev–Trinajstić information content (AvgIpc) is 2.88. The van der Waals surface area contributed by atoms with Gasteiger partial charge in [0.15, 0.2) is 0 Å². The summed E-state index contributed by atoms with van der Waals surface area (Å²) < 4.78 is 5.66. The zero-order valence-electron chi connectivity index (χ0n) is 21.3. The third-order valence-corrected chi connectivity index (χ3v) is 7.09. The van der Waals surface area contributed by atoms with Gasteiger partial charge in [-0.15, -0.1) is 0 Å². The molecule has 1 aromatic carbocycles. The SMILES string of the molecule is COC1=C(C(C)C)c2nc(Nc3ccc(N4CCN(CC(C)C(N)C=O)CC4)cc3)ncc2CC1. The molecule has 8 heteroatoms. The Bertz CT molecular complexity index is 1040. The van der Waals surface area contributed by atoms with Gasteiger partial charge in [-0.1, -0.05) is 20.8 Å². The number of piperazine rings is 1. The lowest BCUT2D eigenvalue weighted by Crippen LogP contribution is -2.49. The lowest BCUT2D eigenvalue weighted by atomic mass is 9.88. The molecule has 0 spiro atoms. The van der Waals surface area contributed by atoms with E-state index in [9.17, 15) is 4.79 Å². The van der Waals surface area contributed by atoms with Crippen LogP contribution in [0, 0.1) is 11.8 Å². The molecule has 1 saturated heterocycles. The van der Waals surface area contributed by atoms with Gasteiger partial charge >= 0.3 is 0 Å². The number of nitrogens with two attached hydrogens (primary N) is 1. The number of aldehydes is 1. The summed E-state index contributed by atoms with van der Waals surface area (Å²) in [6.07, 6.45) is 4.59. The van der Waals surface area contributed by atoms with E-state index in [1.54, 1.807) is 7.11 Å². The maximum Gasteiger partial charge on any atom is 0.227 e. The molecular weight excluding hydrogens is 440 g/mol. The van der Waals surface area contributed by atoms with Crippen LogP contribution in [0.1, 0.15) is 38.4 Å². The molecule has 2 aliphatic rings. The zero-order valence-corrected chi connectivity index (χ0v) is 21.3. The maximum absolute atomic E-state index is 10.9. The molecule has 35 heavy (non-hydrogen) atoms. The summed E-state index contributed by atoms with van der Waals surface area (Å²) in [7, 11) is 1.74. The smallest absolute Gasteiger partial charge is 0.227 e. The van der Waals surface area contributed by atoms with Crippen LogP contribution in [0.15, 0.2) is 36.2 Å². The van der Waals surface area contributed by atoms with Crippen LogP contribution in [-0.4, -0.2) is 67.0 Å². The highest BCUT2D eigenvalue weighted by Crippen LogP contribution is 2.35. The normalized spacial score (nSPS) is 18.3. The molecule has 4 rings (SSSR count). The van der Waals surface area contributed by atoms with Crippen molar-refractivity contribution in [2.75, 3.05) is 50.1 Å². The van der Waals surface area contributed by atoms with Gasteiger partial charge in [-0.25, -0.2) is 9.97 Å². The summed E-state index contributed by atoms with van der Waals surface area (Å²) in [5.41, 5.74) is 11.4. The van der Waals surface area contributed by atoms with Crippen LogP contribution in [-0.2, 0) is 16.0 Å². The number of fused-ring (bicyclic) bond motifs is 1. The van der Waals surface area contributed by atoms with Crippen molar-refractivity contribution in [3.05, 3.63) is 47.5 Å². The lowest BCUT2D eigenvalue weighted by Gasteiger charge is -2.37. The molecule has 1 aliphatic heterocycles. The summed E-state index contributed by atoms with van der Waals surface area (Å²) in [4.78, 5) is 25.1. The highest BCUT2D eigenvalue weighted by molar-refractivity contribution is 5.71. The van der Waals surface area contributed by atoms with E-state index in [0.717, 1.165) is 69.0 Å². The van der Waals surface area contributed by atoms with Gasteiger partial charge in [-0.05, 0) is 48.1 Å². The van der Waals surface area contributed by atoms with E-state index in [2.05, 4.69) is 58.2 Å². The van der Waals surface area contributed by atoms with Crippen LogP contribution in [0.25, 0.3) is 5.57 Å². The summed E-state index contributed by atoms with van der Waals surface area (Å²) in [5, 5.41) is 3.37. The van der Waals surface area contributed by atoms with Gasteiger partial charge in [0.05, 0.1) is 18.8 Å². The minimum absolute atomic E-state index is 0.170. The summed E-state index contributed by atoms with van der Waals surface area (Å²) in [5.74, 6) is 2.13. The fourth-order valence-corrected chi connectivity index (χ4v) is 4.94. The van der Waals surface area contributed by atoms with Crippen molar-refractivity contribution < 1.29 is 9.53 Å². The van der Waals surface area contributed by atoms with Crippen molar-refractivity contribution in [2.24, 2.45) is 17.6 Å². The van der Waals surface area contributed by atoms with Crippen molar-refractivity contribution in [3.63, 3.8) is 0 Å². The molecule has 1 fully saturated rings. The molecule has 2 heterocycles. The standard InChI is InChI=1S/C27H38N6O2/c1-18(2)25-24(35-4)10-5-20-15-29-27(31-26(20)25)30-21-6-8-22(9-7-21)33-13-11-32(12-14-33)16-19(3)23(28)17-34/h6-9,15,17-19,23H,5,10-14,16,28H2,1-4H3,(H,29,30,31). The Morgan fingerprint density at radius 1 is 1.11 bits per heavy atom. The van der Waals surface area contributed by atoms with E-state index in [-0.39, 0.29) is 12.0 Å². The van der Waals surface area contributed by atoms with Crippen molar-refractivity contribution >= 4 is 29.2 Å². The molecule has 0 radical (unpaired) electrons. The molecule has 2 atom stereocenters. The first-order valence-corrected chi connectivity index (χ1v) is 12.6. The Kier molecular flexibility index (Phi) is 8.03. The molecule has 2 unspecified atom stereocenters. The molecule has 0 amide bonds. The number of anilines is 3. The first kappa shape index (κ1) is 25.1. The topological polar surface area (TPSA) is 96.6 Å². The number of methoxy groups -OCH3 is 1. The van der Waals surface area contributed by atoms with Crippen LogP contribution < -0.4 is 16.0 Å². The number of aromatic nitrogens is 2. The second-order valence-electron chi connectivity index (χ2n) is 9.91. The van der Waals surface area contributed by atoms with Gasteiger partial charge in [0.25, 0.3) is 0 Å². The monoisotopic (exact) mass is 478 g/mol. The number of nitrogens with zero attached hydrogens (tertiary/aromatic N) is 4. The lowest BCUT2D eigenvalue weighted by molar-refractivity contribution is -0.109. The van der Waals surface area contributed by atoms with Crippen LogP contribution in [0.4, 0.5) is 17.3 Å². The Morgan fingerprint density at radius 2 is 1.83 bits per heavy atom. The number of carbonyl (C=O) groups is 1. The van der Waals surface area contributed by atoms with Gasteiger partial charge in [-0.3, -0.25) is 4.90 Å². The van der Waals surface area contributed by atoms with Gasteiger partial charge in [0, 0.05) is 62.3 Å². The quantitative estimate of drug-likeness (QED) is 0.529. The fourth-order valence-electron chi connectivity index (χ4n) is 4.94. The van der Waals surface area contributed by atoms with Gasteiger partial charge in [0.1, 0.15) is 12.0 Å². The van der Waals surface area contributed by atoms with Crippen LogP contribution in [0.5, 0.6) is 0 Å². The van der Waals surface area contributed by atoms with Crippen molar-refractivity contribution in [1.82, 2.24) is 14.9 Å². The van der Waals surface area contributed by atoms with E-state index < -0.39 is 0 Å². The van der Waals surface area contributed by atoms with E-state index in [1.165, 1.54) is 16.8 Å². The summed E-state index contributed by atoms with van der Waals surface area (Å²) in [6, 6.07) is 8.06. The summed E-state index contributed by atoms with van der Waals surface area (Å²) >= 11 is 0. The number of nitrogens with one attached hydrogen (secondary N) is 1. The molecule has 0 saturated carbocycles. The van der Waals surface area contributed by atoms with Crippen molar-refractivity contribution in [3.8, 4) is 0 Å². The number of hydrogen-bond donors (Lipinski definition) is 2. The number of allylic oxidation sites excluding steroid dienone is 2. The minimum atomic E-state index is -0.387. The molecule has 188 valence electrons. The number of rotatable bonds is 9. The predicted molar refractivity (Wildman–Crippen MR) is 141 cm³/mol. The highest BCUT2D eigenvalue weighted by Gasteiger charge is 2.25. The molecular formula is C27H38N6O2. The van der Waals surface area contributed by atoms with Gasteiger partial charge in [0.2, 0.25) is 5.95 Å². The number of benzene rings is 1. The summed E-state index contributed by atoms with van der Waals surface area (Å²) in [6.45, 7) is 11.1. The van der Waals surface area contributed by atoms with E-state index in [1.807, 2.05) is 13.1 Å². The molecule has 3 N–H and O–H groups in total. The molecule has 2 aromatic rings. The second-order valence-corrected chi connectivity index (χ2v) is 9.91. The fraction of sp³-hybridized carbons (Fsp3) is 0.519. The van der Waals surface area contributed by atoms with Gasteiger partial charge < -0.3 is 25.5 Å². The first-order chi connectivity index (χ1) is 16.9. The van der Waals surface area contributed by atoms with E-state index >= 15 is 0 Å². The van der Waals surface area contributed by atoms with Crippen LogP contribution >= 0.6 is 0 Å². The second kappa shape index (κ2) is 11.2. The third-order valence-electron chi connectivity index (χ3n) is 7.09. The van der Waals surface area contributed by atoms with Crippen molar-refractivity contribution in [1.29, 1.82) is 0 Å². The Morgan fingerprint density at radius 3 is 2.46 bits per heavy atom. The van der Waals surface area contributed by atoms with Crippen molar-refractivity contribution in [2.45, 2.75) is 39.7 Å². The molecule has 0 bridgehead atoms. The van der Waals surface area contributed by atoms with E-state index in [0.29, 0.717) is 11.9 Å². The molecule has 1 aromatic heterocycles. The molecule has 1 aliphatic carbocycles. The largest absolute Gasteiger partial charge is 0.501 e. The molecule has 8 nitrogen and oxygen atoms in total. The number of ether oxygens (including phenoxy) is 1.